The topological polar surface area (TPSA) is 82.9 Å². The van der Waals surface area contributed by atoms with Crippen molar-refractivity contribution in [2.24, 2.45) is 5.92 Å². The molecule has 0 aliphatic heterocycles. The molecule has 0 bridgehead atoms. The monoisotopic (exact) mass is 491 g/mol. The third-order valence-electron chi connectivity index (χ3n) is 6.21. The Balaban J connectivity index is 1.38. The number of aromatic amines is 1. The number of alkyl halides is 5. The van der Waals surface area contributed by atoms with Crippen molar-refractivity contribution in [2.45, 2.75) is 37.9 Å². The summed E-state index contributed by atoms with van der Waals surface area (Å²) in [5.41, 5.74) is 4.05. The fraction of sp³-hybridized carbons (Fsp3) is 0.348. The van der Waals surface area contributed by atoms with Crippen LogP contribution in [-0.4, -0.2) is 49.3 Å². The first kappa shape index (κ1) is 23.1. The molecule has 0 saturated heterocycles. The summed E-state index contributed by atoms with van der Waals surface area (Å²) >= 11 is 0. The van der Waals surface area contributed by atoms with E-state index in [9.17, 15) is 22.0 Å². The van der Waals surface area contributed by atoms with Crippen LogP contribution >= 0.6 is 0 Å². The summed E-state index contributed by atoms with van der Waals surface area (Å²) in [6, 6.07) is 1.95. The number of hydrogen-bond donors (Lipinski definition) is 3. The van der Waals surface area contributed by atoms with E-state index < -0.39 is 18.1 Å². The number of pyridine rings is 1. The highest BCUT2D eigenvalue weighted by Gasteiger charge is 2.44. The normalized spacial score (nSPS) is 16.9. The van der Waals surface area contributed by atoms with Crippen LogP contribution < -0.4 is 10.6 Å². The van der Waals surface area contributed by atoms with Gasteiger partial charge in [0.05, 0.1) is 11.7 Å². The van der Waals surface area contributed by atoms with Gasteiger partial charge >= 0.3 is 6.18 Å². The van der Waals surface area contributed by atoms with Crippen molar-refractivity contribution in [3.05, 3.63) is 49.1 Å². The molecule has 12 heteroatoms. The molecule has 5 rings (SSSR count). The molecule has 0 radical (unpaired) electrons. The molecular weight excluding hydrogens is 469 g/mol. The first-order chi connectivity index (χ1) is 16.5. The number of rotatable bonds is 7. The fourth-order valence-corrected chi connectivity index (χ4v) is 4.16. The van der Waals surface area contributed by atoms with Crippen LogP contribution in [0.3, 0.4) is 0 Å². The summed E-state index contributed by atoms with van der Waals surface area (Å²) in [7, 11) is 0. The van der Waals surface area contributed by atoms with E-state index in [-0.39, 0.29) is 24.7 Å². The third kappa shape index (κ3) is 4.52. The minimum atomic E-state index is -4.42. The Bertz CT molecular complexity index is 1400. The predicted molar refractivity (Wildman–Crippen MR) is 122 cm³/mol. The second-order valence-corrected chi connectivity index (χ2v) is 8.86. The molecule has 1 aliphatic rings. The molecule has 4 aromatic heterocycles. The maximum Gasteiger partial charge on any atom is 0.408 e. The Morgan fingerprint density at radius 3 is 2.80 bits per heavy atom. The maximum atomic E-state index is 13.1. The van der Waals surface area contributed by atoms with E-state index in [0.29, 0.717) is 23.3 Å². The number of hydrogen-bond acceptors (Lipinski definition) is 5. The average Bonchev–Trinajstić information content (AvgIpc) is 3.38. The van der Waals surface area contributed by atoms with Crippen LogP contribution in [0.2, 0.25) is 0 Å². The van der Waals surface area contributed by atoms with Crippen molar-refractivity contribution in [1.29, 1.82) is 0 Å². The maximum absolute atomic E-state index is 13.1. The van der Waals surface area contributed by atoms with Gasteiger partial charge in [-0.2, -0.15) is 23.3 Å². The zero-order valence-corrected chi connectivity index (χ0v) is 18.6. The smallest absolute Gasteiger partial charge is 0.385 e. The first-order valence-corrected chi connectivity index (χ1v) is 11.0. The number of H-pyrrole nitrogens is 1. The van der Waals surface area contributed by atoms with Gasteiger partial charge in [-0.05, 0) is 30.5 Å². The van der Waals surface area contributed by atoms with Gasteiger partial charge in [-0.1, -0.05) is 6.58 Å². The molecule has 7 nitrogen and oxygen atoms in total. The zero-order valence-electron chi connectivity index (χ0n) is 18.6. The molecule has 1 aliphatic carbocycles. The summed E-state index contributed by atoms with van der Waals surface area (Å²) in [4.78, 5) is 11.2. The quantitative estimate of drug-likeness (QED) is 0.308. The minimum absolute atomic E-state index is 0.0936. The van der Waals surface area contributed by atoms with Crippen molar-refractivity contribution in [3.8, 4) is 11.1 Å². The van der Waals surface area contributed by atoms with Crippen LogP contribution in [0.5, 0.6) is 0 Å². The van der Waals surface area contributed by atoms with Gasteiger partial charge in [0, 0.05) is 60.2 Å². The lowest BCUT2D eigenvalue weighted by Crippen LogP contribution is -2.40. The Kier molecular flexibility index (Phi) is 5.41. The van der Waals surface area contributed by atoms with E-state index in [0.717, 1.165) is 29.1 Å². The van der Waals surface area contributed by atoms with Crippen molar-refractivity contribution < 1.29 is 22.0 Å². The fourth-order valence-electron chi connectivity index (χ4n) is 4.16. The Labute approximate surface area is 196 Å². The number of halogens is 5. The number of anilines is 1. The van der Waals surface area contributed by atoms with Gasteiger partial charge in [-0.15, -0.1) is 0 Å². The Morgan fingerprint density at radius 2 is 2.09 bits per heavy atom. The van der Waals surface area contributed by atoms with Crippen LogP contribution in [0.4, 0.5) is 27.9 Å². The molecule has 35 heavy (non-hydrogen) atoms. The molecule has 184 valence electrons. The largest absolute Gasteiger partial charge is 0.408 e. The molecule has 0 amide bonds. The van der Waals surface area contributed by atoms with Gasteiger partial charge in [0.25, 0.3) is 0 Å². The molecule has 4 aromatic rings. The first-order valence-electron chi connectivity index (χ1n) is 11.0. The van der Waals surface area contributed by atoms with Gasteiger partial charge in [0.15, 0.2) is 0 Å². The van der Waals surface area contributed by atoms with Crippen molar-refractivity contribution in [2.75, 3.05) is 11.9 Å². The molecule has 0 aromatic carbocycles. The minimum Gasteiger partial charge on any atom is -0.385 e. The average molecular weight is 491 g/mol. The molecule has 3 N–H and O–H groups in total. The van der Waals surface area contributed by atoms with E-state index in [1.807, 2.05) is 12.1 Å². The SMILES string of the molecule is C=C(NCC1CC(F)(F)C1)c1cnn2ccc(-c3c[nH]c4nc(NC(C)C(F)(F)F)ncc34)cc12. The van der Waals surface area contributed by atoms with Gasteiger partial charge in [0.2, 0.25) is 11.9 Å². The van der Waals surface area contributed by atoms with Crippen LogP contribution in [-0.2, 0) is 0 Å². The Morgan fingerprint density at radius 1 is 1.31 bits per heavy atom. The lowest BCUT2D eigenvalue weighted by molar-refractivity contribution is -0.138. The molecule has 1 fully saturated rings. The highest BCUT2D eigenvalue weighted by Crippen LogP contribution is 2.42. The van der Waals surface area contributed by atoms with E-state index in [4.69, 9.17) is 0 Å². The van der Waals surface area contributed by atoms with E-state index in [1.165, 1.54) is 6.20 Å². The number of nitrogens with zero attached hydrogens (tertiary/aromatic N) is 4. The number of fused-ring (bicyclic) bond motifs is 2. The lowest BCUT2D eigenvalue weighted by Gasteiger charge is -2.35. The highest BCUT2D eigenvalue weighted by molar-refractivity contribution is 5.94. The molecule has 1 unspecified atom stereocenters. The van der Waals surface area contributed by atoms with Crippen molar-refractivity contribution in [3.63, 3.8) is 0 Å². The predicted octanol–water partition coefficient (Wildman–Crippen LogP) is 5.24. The van der Waals surface area contributed by atoms with Crippen LogP contribution in [0.1, 0.15) is 25.3 Å². The lowest BCUT2D eigenvalue weighted by atomic mass is 9.81. The Hall–Kier alpha value is -3.70. The number of aromatic nitrogens is 5. The molecule has 0 spiro atoms. The summed E-state index contributed by atoms with van der Waals surface area (Å²) in [6.45, 7) is 5.45. The highest BCUT2D eigenvalue weighted by atomic mass is 19.4. The summed E-state index contributed by atoms with van der Waals surface area (Å²) in [6.07, 6.45) is 1.94. The molecule has 4 heterocycles. The van der Waals surface area contributed by atoms with E-state index >= 15 is 0 Å². The summed E-state index contributed by atoms with van der Waals surface area (Å²) in [5.74, 6) is -2.79. The number of nitrogens with one attached hydrogen (secondary N) is 3. The third-order valence-corrected chi connectivity index (χ3v) is 6.21. The zero-order chi connectivity index (χ0) is 25.0. The van der Waals surface area contributed by atoms with Crippen LogP contribution in [0.25, 0.3) is 33.4 Å². The van der Waals surface area contributed by atoms with Gasteiger partial charge < -0.3 is 15.6 Å². The standard InChI is InChI=1S/C23H22F5N7/c1-12(29-8-14-6-22(24,25)7-14)16-11-32-35-4-3-15(5-19(16)35)17-9-30-20-18(17)10-31-21(34-20)33-13(2)23(26,27)28/h3-5,9-11,13-14,29H,1,6-8H2,2H3,(H2,30,31,33,34). The van der Waals surface area contributed by atoms with Gasteiger partial charge in [0.1, 0.15) is 11.7 Å². The van der Waals surface area contributed by atoms with Crippen molar-refractivity contribution in [1.82, 2.24) is 29.9 Å². The second kappa shape index (κ2) is 8.21. The van der Waals surface area contributed by atoms with Gasteiger partial charge in [-0.25, -0.2) is 18.3 Å². The molecular formula is C23H22F5N7. The van der Waals surface area contributed by atoms with Crippen molar-refractivity contribution >= 4 is 28.2 Å². The van der Waals surface area contributed by atoms with Gasteiger partial charge in [-0.3, -0.25) is 0 Å². The summed E-state index contributed by atoms with van der Waals surface area (Å²) in [5, 5.41) is 10.4. The van der Waals surface area contributed by atoms with E-state index in [2.05, 4.69) is 37.3 Å². The van der Waals surface area contributed by atoms with Crippen LogP contribution in [0.15, 0.2) is 43.5 Å². The molecule has 1 atom stereocenters. The van der Waals surface area contributed by atoms with E-state index in [1.54, 1.807) is 23.1 Å². The second-order valence-electron chi connectivity index (χ2n) is 8.86. The molecule has 1 saturated carbocycles. The van der Waals surface area contributed by atoms with Crippen LogP contribution in [0, 0.1) is 5.92 Å². The summed E-state index contributed by atoms with van der Waals surface area (Å²) < 4.78 is 66.3.